The van der Waals surface area contributed by atoms with Crippen LogP contribution in [0.4, 0.5) is 0 Å². The molecule has 7 heteroatoms. The lowest BCUT2D eigenvalue weighted by Crippen LogP contribution is -2.28. The predicted molar refractivity (Wildman–Crippen MR) is 101 cm³/mol. The number of hydrogen-bond donors (Lipinski definition) is 1. The van der Waals surface area contributed by atoms with Gasteiger partial charge < -0.3 is 14.8 Å². The van der Waals surface area contributed by atoms with Gasteiger partial charge in [0.25, 0.3) is 0 Å². The Bertz CT molecular complexity index is 847. The molecule has 0 saturated carbocycles. The first-order valence-electron chi connectivity index (χ1n) is 8.41. The Morgan fingerprint density at radius 3 is 2.63 bits per heavy atom. The first kappa shape index (κ1) is 20.3. The van der Waals surface area contributed by atoms with Crippen LogP contribution < -0.4 is 14.8 Å². The zero-order chi connectivity index (χ0) is 19.6. The molecule has 0 aliphatic heterocycles. The second kappa shape index (κ2) is 10.2. The Kier molecular flexibility index (Phi) is 7.65. The monoisotopic (exact) mass is 386 g/mol. The number of hydrogen-bond acceptors (Lipinski definition) is 5. The van der Waals surface area contributed by atoms with Crippen molar-refractivity contribution in [3.8, 4) is 17.6 Å². The second-order valence-corrected chi connectivity index (χ2v) is 5.97. The lowest BCUT2D eigenvalue weighted by Gasteiger charge is -2.13. The molecule has 2 aromatic carbocycles. The van der Waals surface area contributed by atoms with E-state index in [1.54, 1.807) is 6.92 Å². The van der Waals surface area contributed by atoms with Gasteiger partial charge in [-0.25, -0.2) is 0 Å². The highest BCUT2D eigenvalue weighted by Gasteiger charge is 2.16. The Hall–Kier alpha value is -3.04. The van der Waals surface area contributed by atoms with Gasteiger partial charge in [0.05, 0.1) is 36.1 Å². The normalized spacial score (nSPS) is 9.96. The number of nitriles is 1. The van der Waals surface area contributed by atoms with Crippen molar-refractivity contribution < 1.29 is 19.1 Å². The molecule has 0 aromatic heterocycles. The van der Waals surface area contributed by atoms with Crippen molar-refractivity contribution in [1.29, 1.82) is 5.26 Å². The maximum Gasteiger partial charge on any atom is 0.313 e. The van der Waals surface area contributed by atoms with E-state index < -0.39 is 5.97 Å². The largest absolute Gasteiger partial charge is 0.490 e. The van der Waals surface area contributed by atoms with Gasteiger partial charge in [-0.2, -0.15) is 5.26 Å². The van der Waals surface area contributed by atoms with E-state index in [4.69, 9.17) is 26.3 Å². The first-order chi connectivity index (χ1) is 13.0. The van der Waals surface area contributed by atoms with Gasteiger partial charge in [-0.1, -0.05) is 41.9 Å². The standard InChI is InChI=1S/C20H19ClN2O4/c1-2-26-17-11-15(13-22)10-16(21)20(17)27-19(25)8-9-23-18(24)12-14-6-4-3-5-7-14/h3-7,10-11H,2,8-9,12H2,1H3,(H,23,24). The summed E-state index contributed by atoms with van der Waals surface area (Å²) < 4.78 is 10.7. The van der Waals surface area contributed by atoms with Crippen LogP contribution in [0.2, 0.25) is 5.02 Å². The maximum atomic E-state index is 12.1. The molecule has 1 amide bonds. The quantitative estimate of drug-likeness (QED) is 0.555. The highest BCUT2D eigenvalue weighted by atomic mass is 35.5. The van der Waals surface area contributed by atoms with Gasteiger partial charge >= 0.3 is 5.97 Å². The topological polar surface area (TPSA) is 88.4 Å². The van der Waals surface area contributed by atoms with Crippen LogP contribution in [0.5, 0.6) is 11.5 Å². The number of amides is 1. The van der Waals surface area contributed by atoms with Crippen molar-refractivity contribution >= 4 is 23.5 Å². The third kappa shape index (κ3) is 6.32. The molecule has 0 aliphatic rings. The highest BCUT2D eigenvalue weighted by molar-refractivity contribution is 6.32. The molecule has 0 spiro atoms. The summed E-state index contributed by atoms with van der Waals surface area (Å²) in [5, 5.41) is 11.8. The molecule has 0 heterocycles. The third-order valence-electron chi connectivity index (χ3n) is 3.51. The number of carbonyl (C=O) groups is 2. The summed E-state index contributed by atoms with van der Waals surface area (Å²) in [5.41, 5.74) is 1.19. The van der Waals surface area contributed by atoms with E-state index in [0.717, 1.165) is 5.56 Å². The molecule has 0 aliphatic carbocycles. The SMILES string of the molecule is CCOc1cc(C#N)cc(Cl)c1OC(=O)CCNC(=O)Cc1ccccc1. The molecule has 2 aromatic rings. The third-order valence-corrected chi connectivity index (χ3v) is 3.79. The zero-order valence-electron chi connectivity index (χ0n) is 14.8. The smallest absolute Gasteiger partial charge is 0.313 e. The summed E-state index contributed by atoms with van der Waals surface area (Å²) >= 11 is 6.09. The van der Waals surface area contributed by atoms with Crippen LogP contribution in [-0.2, 0) is 16.0 Å². The van der Waals surface area contributed by atoms with Crippen LogP contribution in [0, 0.1) is 11.3 Å². The van der Waals surface area contributed by atoms with E-state index in [-0.39, 0.29) is 41.8 Å². The van der Waals surface area contributed by atoms with E-state index >= 15 is 0 Å². The first-order valence-corrected chi connectivity index (χ1v) is 8.79. The van der Waals surface area contributed by atoms with Crippen molar-refractivity contribution in [3.05, 3.63) is 58.6 Å². The van der Waals surface area contributed by atoms with Crippen molar-refractivity contribution in [1.82, 2.24) is 5.32 Å². The highest BCUT2D eigenvalue weighted by Crippen LogP contribution is 2.36. The molecule has 0 unspecified atom stereocenters. The molecule has 0 bridgehead atoms. The van der Waals surface area contributed by atoms with Gasteiger partial charge in [0.2, 0.25) is 5.91 Å². The Labute approximate surface area is 162 Å². The molecule has 0 atom stereocenters. The van der Waals surface area contributed by atoms with Crippen molar-refractivity contribution in [3.63, 3.8) is 0 Å². The van der Waals surface area contributed by atoms with Gasteiger partial charge in [0, 0.05) is 12.6 Å². The Balaban J connectivity index is 1.88. The van der Waals surface area contributed by atoms with E-state index in [1.165, 1.54) is 12.1 Å². The lowest BCUT2D eigenvalue weighted by atomic mass is 10.1. The predicted octanol–water partition coefficient (Wildman–Crippen LogP) is 3.26. The second-order valence-electron chi connectivity index (χ2n) is 5.57. The summed E-state index contributed by atoms with van der Waals surface area (Å²) in [5.74, 6) is -0.455. The Morgan fingerprint density at radius 1 is 1.22 bits per heavy atom. The van der Waals surface area contributed by atoms with E-state index in [2.05, 4.69) is 5.32 Å². The minimum Gasteiger partial charge on any atom is -0.490 e. The minimum absolute atomic E-state index is 0.0254. The number of halogens is 1. The lowest BCUT2D eigenvalue weighted by molar-refractivity contribution is -0.134. The van der Waals surface area contributed by atoms with Gasteiger partial charge in [-0.3, -0.25) is 9.59 Å². The van der Waals surface area contributed by atoms with Crippen molar-refractivity contribution in [2.75, 3.05) is 13.2 Å². The molecule has 140 valence electrons. The fraction of sp³-hybridized carbons (Fsp3) is 0.250. The molecule has 0 radical (unpaired) electrons. The zero-order valence-corrected chi connectivity index (χ0v) is 15.6. The van der Waals surface area contributed by atoms with Crippen LogP contribution >= 0.6 is 11.6 Å². The van der Waals surface area contributed by atoms with E-state index in [1.807, 2.05) is 36.4 Å². The van der Waals surface area contributed by atoms with Crippen LogP contribution in [0.1, 0.15) is 24.5 Å². The number of benzene rings is 2. The summed E-state index contributed by atoms with van der Waals surface area (Å²) in [6, 6.07) is 14.1. The summed E-state index contributed by atoms with van der Waals surface area (Å²) in [4.78, 5) is 23.9. The van der Waals surface area contributed by atoms with Crippen molar-refractivity contribution in [2.24, 2.45) is 0 Å². The maximum absolute atomic E-state index is 12.1. The molecule has 27 heavy (non-hydrogen) atoms. The van der Waals surface area contributed by atoms with Gasteiger partial charge in [0.1, 0.15) is 0 Å². The Morgan fingerprint density at radius 2 is 1.96 bits per heavy atom. The number of ether oxygens (including phenoxy) is 2. The van der Waals surface area contributed by atoms with E-state index in [0.29, 0.717) is 12.2 Å². The fourth-order valence-corrected chi connectivity index (χ4v) is 2.56. The fourth-order valence-electron chi connectivity index (χ4n) is 2.31. The van der Waals surface area contributed by atoms with Crippen molar-refractivity contribution in [2.45, 2.75) is 19.8 Å². The van der Waals surface area contributed by atoms with E-state index in [9.17, 15) is 9.59 Å². The van der Waals surface area contributed by atoms with Crippen LogP contribution in [0.3, 0.4) is 0 Å². The van der Waals surface area contributed by atoms with Crippen LogP contribution in [-0.4, -0.2) is 25.0 Å². The van der Waals surface area contributed by atoms with Gasteiger partial charge in [-0.15, -0.1) is 0 Å². The molecular formula is C20H19ClN2O4. The van der Waals surface area contributed by atoms with Gasteiger partial charge in [0.15, 0.2) is 11.5 Å². The van der Waals surface area contributed by atoms with Gasteiger partial charge in [-0.05, 0) is 18.6 Å². The number of nitrogens with zero attached hydrogens (tertiary/aromatic N) is 1. The molecule has 0 saturated heterocycles. The minimum atomic E-state index is -0.567. The number of esters is 1. The summed E-state index contributed by atoms with van der Waals surface area (Å²) in [6.45, 7) is 2.23. The average Bonchev–Trinajstić information content (AvgIpc) is 2.65. The molecule has 0 fully saturated rings. The van der Waals surface area contributed by atoms with Crippen LogP contribution in [0.25, 0.3) is 0 Å². The molecule has 1 N–H and O–H groups in total. The number of nitrogens with one attached hydrogen (secondary N) is 1. The average molecular weight is 387 g/mol. The number of rotatable bonds is 8. The molecule has 2 rings (SSSR count). The summed E-state index contributed by atoms with van der Waals surface area (Å²) in [6.07, 6.45) is 0.217. The molecular weight excluding hydrogens is 368 g/mol. The molecule has 6 nitrogen and oxygen atoms in total. The van der Waals surface area contributed by atoms with Crippen LogP contribution in [0.15, 0.2) is 42.5 Å². The number of carbonyl (C=O) groups excluding carboxylic acids is 2. The summed E-state index contributed by atoms with van der Waals surface area (Å²) in [7, 11) is 0.